The molecule has 150 valence electrons. The third-order valence-electron chi connectivity index (χ3n) is 4.79. The molecule has 3 aromatic rings. The lowest BCUT2D eigenvalue weighted by Gasteiger charge is -2.19. The maximum Gasteiger partial charge on any atom is 0.416 e. The third kappa shape index (κ3) is 4.19. The van der Waals surface area contributed by atoms with Crippen LogP contribution in [-0.4, -0.2) is 27.5 Å². The van der Waals surface area contributed by atoms with E-state index in [0.717, 1.165) is 16.1 Å². The Kier molecular flexibility index (Phi) is 5.16. The molecule has 0 saturated carbocycles. The minimum atomic E-state index is -4.47. The molecule has 2 heterocycles. The number of aromatic nitrogens is 2. The molecule has 1 fully saturated rings. The average molecular weight is 466 g/mol. The maximum atomic E-state index is 13.2. The van der Waals surface area contributed by atoms with Crippen LogP contribution in [0.25, 0.3) is 11.4 Å². The summed E-state index contributed by atoms with van der Waals surface area (Å²) in [4.78, 5) is 18.2. The minimum Gasteiger partial charge on any atom is -0.339 e. The van der Waals surface area contributed by atoms with Crippen LogP contribution in [0.2, 0.25) is 0 Å². The van der Waals surface area contributed by atoms with Crippen LogP contribution in [-0.2, 0) is 17.5 Å². The summed E-state index contributed by atoms with van der Waals surface area (Å²) in [6.45, 7) is 0.117. The summed E-state index contributed by atoms with van der Waals surface area (Å²) in [6, 6.07) is 12.7. The fourth-order valence-corrected chi connectivity index (χ4v) is 3.61. The van der Waals surface area contributed by atoms with Gasteiger partial charge in [0.05, 0.1) is 11.5 Å². The molecule has 0 spiro atoms. The molecule has 29 heavy (non-hydrogen) atoms. The Morgan fingerprint density at radius 2 is 1.86 bits per heavy atom. The highest BCUT2D eigenvalue weighted by molar-refractivity contribution is 9.10. The second-order valence-corrected chi connectivity index (χ2v) is 7.71. The van der Waals surface area contributed by atoms with Crippen LogP contribution in [0.4, 0.5) is 13.2 Å². The molecule has 0 bridgehead atoms. The Morgan fingerprint density at radius 1 is 1.14 bits per heavy atom. The van der Waals surface area contributed by atoms with Gasteiger partial charge in [0.25, 0.3) is 0 Å². The standard InChI is InChI=1S/C20H15BrF3N3O2/c21-15-7-5-12(6-8-15)18-25-19(29-26-18)14-9-17(28)27(11-14)10-13-3-1-2-4-16(13)20(22,23)24/h1-8,14H,9-11H2. The van der Waals surface area contributed by atoms with E-state index in [0.29, 0.717) is 11.7 Å². The second kappa shape index (κ2) is 7.62. The summed E-state index contributed by atoms with van der Waals surface area (Å²) >= 11 is 3.36. The van der Waals surface area contributed by atoms with Crippen molar-refractivity contribution < 1.29 is 22.5 Å². The van der Waals surface area contributed by atoms with Crippen LogP contribution < -0.4 is 0 Å². The van der Waals surface area contributed by atoms with E-state index < -0.39 is 11.7 Å². The number of nitrogens with zero attached hydrogens (tertiary/aromatic N) is 3. The summed E-state index contributed by atoms with van der Waals surface area (Å²) in [5, 5.41) is 3.96. The number of carbonyl (C=O) groups excluding carboxylic acids is 1. The van der Waals surface area contributed by atoms with E-state index in [1.807, 2.05) is 24.3 Å². The van der Waals surface area contributed by atoms with E-state index in [2.05, 4.69) is 26.1 Å². The number of benzene rings is 2. The highest BCUT2D eigenvalue weighted by atomic mass is 79.9. The van der Waals surface area contributed by atoms with Gasteiger partial charge in [0.15, 0.2) is 0 Å². The number of carbonyl (C=O) groups is 1. The molecule has 0 N–H and O–H groups in total. The number of hydrogen-bond donors (Lipinski definition) is 0. The smallest absolute Gasteiger partial charge is 0.339 e. The van der Waals surface area contributed by atoms with E-state index in [1.165, 1.54) is 23.1 Å². The summed E-state index contributed by atoms with van der Waals surface area (Å²) in [7, 11) is 0. The molecule has 0 aliphatic carbocycles. The molecular weight excluding hydrogens is 451 g/mol. The first-order valence-corrected chi connectivity index (χ1v) is 9.63. The molecule has 1 unspecified atom stereocenters. The largest absolute Gasteiger partial charge is 0.416 e. The van der Waals surface area contributed by atoms with Gasteiger partial charge in [0.2, 0.25) is 17.6 Å². The quantitative estimate of drug-likeness (QED) is 0.541. The van der Waals surface area contributed by atoms with Gasteiger partial charge in [0, 0.05) is 29.5 Å². The van der Waals surface area contributed by atoms with Crippen LogP contribution in [0.5, 0.6) is 0 Å². The van der Waals surface area contributed by atoms with Gasteiger partial charge >= 0.3 is 6.18 Å². The summed E-state index contributed by atoms with van der Waals surface area (Å²) in [5.41, 5.74) is 0.102. The first kappa shape index (κ1) is 19.6. The fraction of sp³-hybridized carbons (Fsp3) is 0.250. The summed E-state index contributed by atoms with van der Waals surface area (Å²) < 4.78 is 45.9. The van der Waals surface area contributed by atoms with Crippen molar-refractivity contribution >= 4 is 21.8 Å². The Hall–Kier alpha value is -2.68. The van der Waals surface area contributed by atoms with Crippen molar-refractivity contribution in [1.82, 2.24) is 15.0 Å². The lowest BCUT2D eigenvalue weighted by atomic mass is 10.1. The summed E-state index contributed by atoms with van der Waals surface area (Å²) in [5.74, 6) is 0.122. The highest BCUT2D eigenvalue weighted by Crippen LogP contribution is 2.34. The highest BCUT2D eigenvalue weighted by Gasteiger charge is 2.37. The fourth-order valence-electron chi connectivity index (χ4n) is 3.35. The zero-order valence-electron chi connectivity index (χ0n) is 15.0. The number of rotatable bonds is 4. The third-order valence-corrected chi connectivity index (χ3v) is 5.32. The number of halogens is 4. The molecule has 1 aliphatic heterocycles. The first-order chi connectivity index (χ1) is 13.8. The van der Waals surface area contributed by atoms with E-state index in [-0.39, 0.29) is 36.9 Å². The van der Waals surface area contributed by atoms with Crippen LogP contribution in [0.1, 0.15) is 29.4 Å². The van der Waals surface area contributed by atoms with Gasteiger partial charge in [-0.2, -0.15) is 18.2 Å². The van der Waals surface area contributed by atoms with Crippen molar-refractivity contribution in [2.75, 3.05) is 6.54 Å². The molecule has 1 saturated heterocycles. The van der Waals surface area contributed by atoms with Crippen LogP contribution in [0.3, 0.4) is 0 Å². The average Bonchev–Trinajstić information content (AvgIpc) is 3.29. The molecule has 2 aromatic carbocycles. The molecule has 1 atom stereocenters. The number of likely N-dealkylation sites (tertiary alicyclic amines) is 1. The molecule has 0 radical (unpaired) electrons. The molecule has 9 heteroatoms. The Labute approximate surface area is 172 Å². The normalized spacial score (nSPS) is 17.2. The van der Waals surface area contributed by atoms with Gasteiger partial charge in [-0.3, -0.25) is 4.79 Å². The topological polar surface area (TPSA) is 59.2 Å². The van der Waals surface area contributed by atoms with Crippen LogP contribution in [0.15, 0.2) is 57.5 Å². The minimum absolute atomic E-state index is 0.0649. The maximum absolute atomic E-state index is 13.2. The molecule has 1 amide bonds. The molecule has 1 aromatic heterocycles. The monoisotopic (exact) mass is 465 g/mol. The van der Waals surface area contributed by atoms with Crippen LogP contribution in [0, 0.1) is 0 Å². The SMILES string of the molecule is O=C1CC(c2nc(-c3ccc(Br)cc3)no2)CN1Cc1ccccc1C(F)(F)F. The molecular formula is C20H15BrF3N3O2. The van der Waals surface area contributed by atoms with Crippen molar-refractivity contribution in [2.45, 2.75) is 25.1 Å². The van der Waals surface area contributed by atoms with Crippen molar-refractivity contribution in [3.05, 3.63) is 70.0 Å². The summed E-state index contributed by atoms with van der Waals surface area (Å²) in [6.07, 6.45) is -4.35. The van der Waals surface area contributed by atoms with Crippen molar-refractivity contribution in [2.24, 2.45) is 0 Å². The number of hydrogen-bond acceptors (Lipinski definition) is 4. The van der Waals surface area contributed by atoms with E-state index >= 15 is 0 Å². The van der Waals surface area contributed by atoms with Gasteiger partial charge in [-0.15, -0.1) is 0 Å². The zero-order valence-corrected chi connectivity index (χ0v) is 16.6. The van der Waals surface area contributed by atoms with E-state index in [1.54, 1.807) is 0 Å². The van der Waals surface area contributed by atoms with E-state index in [9.17, 15) is 18.0 Å². The van der Waals surface area contributed by atoms with Crippen molar-refractivity contribution in [1.29, 1.82) is 0 Å². The molecule has 1 aliphatic rings. The Balaban J connectivity index is 1.50. The number of amides is 1. The predicted octanol–water partition coefficient (Wildman–Crippen LogP) is 5.03. The Morgan fingerprint density at radius 3 is 2.59 bits per heavy atom. The number of alkyl halides is 3. The molecule has 4 rings (SSSR count). The van der Waals surface area contributed by atoms with Crippen molar-refractivity contribution in [3.63, 3.8) is 0 Å². The van der Waals surface area contributed by atoms with Gasteiger partial charge in [-0.05, 0) is 35.9 Å². The van der Waals surface area contributed by atoms with Crippen LogP contribution >= 0.6 is 15.9 Å². The van der Waals surface area contributed by atoms with Gasteiger partial charge in [-0.25, -0.2) is 0 Å². The van der Waals surface area contributed by atoms with Gasteiger partial charge in [-0.1, -0.05) is 39.3 Å². The lowest BCUT2D eigenvalue weighted by Crippen LogP contribution is -2.26. The second-order valence-electron chi connectivity index (χ2n) is 6.79. The predicted molar refractivity (Wildman–Crippen MR) is 102 cm³/mol. The molecule has 5 nitrogen and oxygen atoms in total. The first-order valence-electron chi connectivity index (χ1n) is 8.83. The van der Waals surface area contributed by atoms with E-state index in [4.69, 9.17) is 4.52 Å². The van der Waals surface area contributed by atoms with Gasteiger partial charge < -0.3 is 9.42 Å². The zero-order chi connectivity index (χ0) is 20.6. The Bertz CT molecular complexity index is 1030. The lowest BCUT2D eigenvalue weighted by molar-refractivity contribution is -0.139. The van der Waals surface area contributed by atoms with Crippen molar-refractivity contribution in [3.8, 4) is 11.4 Å². The van der Waals surface area contributed by atoms with Gasteiger partial charge in [0.1, 0.15) is 0 Å².